The molecule has 1 heterocycles. The van der Waals surface area contributed by atoms with Crippen molar-refractivity contribution in [2.75, 3.05) is 6.54 Å². The first-order valence-electron chi connectivity index (χ1n) is 9.83. The first kappa shape index (κ1) is 20.4. The maximum atomic E-state index is 12.4. The monoisotopic (exact) mass is 398 g/mol. The van der Waals surface area contributed by atoms with Gasteiger partial charge in [-0.15, -0.1) is 0 Å². The van der Waals surface area contributed by atoms with Gasteiger partial charge in [-0.25, -0.2) is 0 Å². The van der Waals surface area contributed by atoms with Crippen LogP contribution in [0.25, 0.3) is 0 Å². The number of benzene rings is 2. The van der Waals surface area contributed by atoms with Crippen molar-refractivity contribution in [3.8, 4) is 0 Å². The number of nitrogens with one attached hydrogen (secondary N) is 2. The van der Waals surface area contributed by atoms with Crippen molar-refractivity contribution in [3.05, 3.63) is 70.7 Å². The first-order valence-corrected chi connectivity index (χ1v) is 10.2. The van der Waals surface area contributed by atoms with Gasteiger partial charge in [-0.05, 0) is 48.4 Å². The van der Waals surface area contributed by atoms with Crippen LogP contribution in [0.2, 0.25) is 5.02 Å². The third-order valence-corrected chi connectivity index (χ3v) is 5.75. The second-order valence-corrected chi connectivity index (χ2v) is 8.18. The Morgan fingerprint density at radius 2 is 1.89 bits per heavy atom. The Hall–Kier alpha value is -2.33. The number of amides is 2. The lowest BCUT2D eigenvalue weighted by Gasteiger charge is -2.29. The van der Waals surface area contributed by atoms with Gasteiger partial charge in [0.2, 0.25) is 11.8 Å². The highest BCUT2D eigenvalue weighted by Crippen LogP contribution is 2.30. The van der Waals surface area contributed by atoms with E-state index in [0.717, 1.165) is 12.0 Å². The van der Waals surface area contributed by atoms with Crippen LogP contribution in [0.15, 0.2) is 54.6 Å². The average molecular weight is 399 g/mol. The summed E-state index contributed by atoms with van der Waals surface area (Å²) < 4.78 is 0. The highest BCUT2D eigenvalue weighted by atomic mass is 35.5. The summed E-state index contributed by atoms with van der Waals surface area (Å²) in [5.41, 5.74) is 1.97. The molecule has 0 spiro atoms. The Labute approximate surface area is 171 Å². The molecule has 2 amide bonds. The Morgan fingerprint density at radius 3 is 2.54 bits per heavy atom. The second kappa shape index (κ2) is 9.24. The summed E-state index contributed by atoms with van der Waals surface area (Å²) in [6, 6.07) is 17.8. The van der Waals surface area contributed by atoms with E-state index in [-0.39, 0.29) is 23.3 Å². The van der Waals surface area contributed by atoms with Gasteiger partial charge in [0.15, 0.2) is 0 Å². The maximum Gasteiger partial charge on any atom is 0.220 e. The highest BCUT2D eigenvalue weighted by Gasteiger charge is 2.37. The smallest absolute Gasteiger partial charge is 0.220 e. The van der Waals surface area contributed by atoms with Crippen LogP contribution in [0.5, 0.6) is 0 Å². The molecule has 28 heavy (non-hydrogen) atoms. The number of hydrogen-bond acceptors (Lipinski definition) is 2. The summed E-state index contributed by atoms with van der Waals surface area (Å²) in [6.45, 7) is 2.72. The minimum Gasteiger partial charge on any atom is -0.356 e. The molecule has 4 nitrogen and oxygen atoms in total. The number of carbonyl (C=O) groups is 2. The molecule has 0 saturated carbocycles. The minimum atomic E-state index is -0.354. The zero-order valence-corrected chi connectivity index (χ0v) is 17.0. The van der Waals surface area contributed by atoms with Gasteiger partial charge in [0.05, 0.1) is 0 Å². The Bertz CT molecular complexity index is 807. The quantitative estimate of drug-likeness (QED) is 0.699. The van der Waals surface area contributed by atoms with E-state index >= 15 is 0 Å². The fourth-order valence-corrected chi connectivity index (χ4v) is 3.91. The van der Waals surface area contributed by atoms with Crippen molar-refractivity contribution in [3.63, 3.8) is 0 Å². The van der Waals surface area contributed by atoms with E-state index in [2.05, 4.69) is 29.7 Å². The van der Waals surface area contributed by atoms with Crippen LogP contribution < -0.4 is 10.6 Å². The van der Waals surface area contributed by atoms with Crippen LogP contribution in [-0.2, 0) is 16.0 Å². The van der Waals surface area contributed by atoms with Crippen LogP contribution in [0, 0.1) is 0 Å². The molecule has 3 rings (SSSR count). The molecular formula is C23H27ClN2O2. The fourth-order valence-electron chi connectivity index (χ4n) is 3.78. The molecule has 5 heteroatoms. The third-order valence-electron chi connectivity index (χ3n) is 5.50. The number of hydrogen-bond donors (Lipinski definition) is 2. The molecular weight excluding hydrogens is 372 g/mol. The van der Waals surface area contributed by atoms with Crippen LogP contribution >= 0.6 is 11.6 Å². The van der Waals surface area contributed by atoms with Crippen molar-refractivity contribution in [1.82, 2.24) is 10.6 Å². The van der Waals surface area contributed by atoms with E-state index in [1.807, 2.05) is 42.5 Å². The van der Waals surface area contributed by atoms with Crippen LogP contribution in [0.4, 0.5) is 0 Å². The van der Waals surface area contributed by atoms with Gasteiger partial charge in [-0.2, -0.15) is 0 Å². The molecule has 1 fully saturated rings. The zero-order valence-electron chi connectivity index (χ0n) is 16.2. The molecule has 148 valence electrons. The lowest BCUT2D eigenvalue weighted by Crippen LogP contribution is -2.44. The normalized spacial score (nSPS) is 19.9. The second-order valence-electron chi connectivity index (χ2n) is 7.75. The third kappa shape index (κ3) is 5.59. The number of halogens is 1. The van der Waals surface area contributed by atoms with Crippen molar-refractivity contribution < 1.29 is 9.59 Å². The van der Waals surface area contributed by atoms with Crippen molar-refractivity contribution in [1.29, 1.82) is 0 Å². The summed E-state index contributed by atoms with van der Waals surface area (Å²) in [5.74, 6) is 0.353. The lowest BCUT2D eigenvalue weighted by molar-refractivity contribution is -0.122. The molecule has 1 saturated heterocycles. The molecule has 0 aliphatic carbocycles. The first-order chi connectivity index (χ1) is 13.5. The molecule has 0 unspecified atom stereocenters. The van der Waals surface area contributed by atoms with Gasteiger partial charge in [0.1, 0.15) is 0 Å². The average Bonchev–Trinajstić information content (AvgIpc) is 3.08. The van der Waals surface area contributed by atoms with Gasteiger partial charge in [-0.3, -0.25) is 9.59 Å². The summed E-state index contributed by atoms with van der Waals surface area (Å²) in [5, 5.41) is 6.85. The largest absolute Gasteiger partial charge is 0.356 e. The number of rotatable bonds is 8. The van der Waals surface area contributed by atoms with Crippen LogP contribution in [0.1, 0.15) is 49.7 Å². The van der Waals surface area contributed by atoms with Gasteiger partial charge >= 0.3 is 0 Å². The molecule has 0 radical (unpaired) electrons. The molecule has 2 N–H and O–H groups in total. The van der Waals surface area contributed by atoms with Gasteiger partial charge in [-0.1, -0.05) is 61.0 Å². The van der Waals surface area contributed by atoms with E-state index in [4.69, 9.17) is 11.6 Å². The Balaban J connectivity index is 1.54. The van der Waals surface area contributed by atoms with Crippen molar-refractivity contribution in [2.24, 2.45) is 0 Å². The lowest BCUT2D eigenvalue weighted by atomic mass is 9.85. The fraction of sp³-hybridized carbons (Fsp3) is 0.391. The van der Waals surface area contributed by atoms with Gasteiger partial charge in [0, 0.05) is 29.9 Å². The number of carbonyl (C=O) groups excluding carboxylic acids is 2. The van der Waals surface area contributed by atoms with Gasteiger partial charge < -0.3 is 10.6 Å². The summed E-state index contributed by atoms with van der Waals surface area (Å²) >= 11 is 5.97. The predicted octanol–water partition coefficient (Wildman–Crippen LogP) is 4.23. The minimum absolute atomic E-state index is 0.0272. The standard InChI is InChI=1S/C23H27ClN2O2/c1-17(19-5-3-2-4-6-19)16-25-21(27)11-13-23(14-12-22(28)26-23)15-18-7-9-20(24)10-8-18/h2-10,17H,11-16H2,1H3,(H,25,27)(H,26,28)/t17-,23-/m0/s1. The zero-order chi connectivity index (χ0) is 20.0. The van der Waals surface area contributed by atoms with E-state index in [1.54, 1.807) is 0 Å². The molecule has 1 aliphatic rings. The topological polar surface area (TPSA) is 58.2 Å². The van der Waals surface area contributed by atoms with Crippen molar-refractivity contribution >= 4 is 23.4 Å². The van der Waals surface area contributed by atoms with Crippen molar-refractivity contribution in [2.45, 2.75) is 50.5 Å². The van der Waals surface area contributed by atoms with E-state index in [9.17, 15) is 9.59 Å². The maximum absolute atomic E-state index is 12.4. The van der Waals surface area contributed by atoms with E-state index < -0.39 is 0 Å². The molecule has 0 bridgehead atoms. The highest BCUT2D eigenvalue weighted by molar-refractivity contribution is 6.30. The summed E-state index contributed by atoms with van der Waals surface area (Å²) in [7, 11) is 0. The summed E-state index contributed by atoms with van der Waals surface area (Å²) in [6.07, 6.45) is 3.01. The molecule has 2 atom stereocenters. The Kier molecular flexibility index (Phi) is 6.74. The summed E-state index contributed by atoms with van der Waals surface area (Å²) in [4.78, 5) is 24.3. The van der Waals surface area contributed by atoms with Crippen LogP contribution in [-0.4, -0.2) is 23.9 Å². The molecule has 0 aromatic heterocycles. The molecule has 2 aromatic carbocycles. The molecule has 2 aromatic rings. The predicted molar refractivity (Wildman–Crippen MR) is 112 cm³/mol. The van der Waals surface area contributed by atoms with E-state index in [0.29, 0.717) is 37.3 Å². The molecule has 1 aliphatic heterocycles. The van der Waals surface area contributed by atoms with E-state index in [1.165, 1.54) is 5.56 Å². The van der Waals surface area contributed by atoms with Gasteiger partial charge in [0.25, 0.3) is 0 Å². The van der Waals surface area contributed by atoms with Crippen LogP contribution in [0.3, 0.4) is 0 Å². The SMILES string of the molecule is C[C@@H](CNC(=O)CC[C@@]1(Cc2ccc(Cl)cc2)CCC(=O)N1)c1ccccc1. The Morgan fingerprint density at radius 1 is 1.18 bits per heavy atom.